The summed E-state index contributed by atoms with van der Waals surface area (Å²) in [5.41, 5.74) is 0.841. The molecule has 0 aliphatic heterocycles. The topological polar surface area (TPSA) is 47.6 Å². The maximum Gasteiger partial charge on any atom is 0.260 e. The van der Waals surface area contributed by atoms with Crippen molar-refractivity contribution in [1.29, 1.82) is 0 Å². The number of carbonyl (C=O) groups is 1. The summed E-state index contributed by atoms with van der Waals surface area (Å²) in [6.07, 6.45) is -0.905. The molecule has 0 saturated carbocycles. The fourth-order valence-corrected chi connectivity index (χ4v) is 2.41. The summed E-state index contributed by atoms with van der Waals surface area (Å²) in [6.45, 7) is 2.03. The molecule has 1 N–H and O–H groups in total. The van der Waals surface area contributed by atoms with Crippen molar-refractivity contribution in [1.82, 2.24) is 5.32 Å². The zero-order valence-electron chi connectivity index (χ0n) is 13.2. The van der Waals surface area contributed by atoms with Gasteiger partial charge in [0.05, 0.1) is 0 Å². The zero-order valence-corrected chi connectivity index (χ0v) is 13.9. The van der Waals surface area contributed by atoms with Crippen molar-refractivity contribution in [3.63, 3.8) is 0 Å². The molecule has 0 aliphatic carbocycles. The highest BCUT2D eigenvalue weighted by atomic mass is 35.5. The Morgan fingerprint density at radius 1 is 1.13 bits per heavy atom. The number of hydrogen-bond acceptors (Lipinski definition) is 3. The number of benzene rings is 2. The first kappa shape index (κ1) is 17.3. The van der Waals surface area contributed by atoms with E-state index in [4.69, 9.17) is 21.1 Å². The summed E-state index contributed by atoms with van der Waals surface area (Å²) < 4.78 is 11.0. The van der Waals surface area contributed by atoms with Crippen LogP contribution in [0.2, 0.25) is 5.02 Å². The molecular weight excluding hydrogens is 314 g/mol. The van der Waals surface area contributed by atoms with Crippen LogP contribution in [0.5, 0.6) is 5.75 Å². The summed E-state index contributed by atoms with van der Waals surface area (Å²) >= 11 is 6.17. The van der Waals surface area contributed by atoms with Gasteiger partial charge in [0.2, 0.25) is 0 Å². The summed E-state index contributed by atoms with van der Waals surface area (Å²) in [4.78, 5) is 12.2. The SMILES string of the molecule is CO[C@H](CNC(=O)[C@H](C)Oc1ccccc1)c1ccccc1Cl. The number of methoxy groups -OCH3 is 1. The Morgan fingerprint density at radius 3 is 2.43 bits per heavy atom. The van der Waals surface area contributed by atoms with Crippen LogP contribution in [-0.4, -0.2) is 25.7 Å². The zero-order chi connectivity index (χ0) is 16.7. The van der Waals surface area contributed by atoms with Gasteiger partial charge in [-0.2, -0.15) is 0 Å². The lowest BCUT2D eigenvalue weighted by molar-refractivity contribution is -0.127. The summed E-state index contributed by atoms with van der Waals surface area (Å²) in [6, 6.07) is 16.7. The van der Waals surface area contributed by atoms with E-state index < -0.39 is 6.10 Å². The molecule has 0 aliphatic rings. The van der Waals surface area contributed by atoms with Crippen LogP contribution in [0, 0.1) is 0 Å². The van der Waals surface area contributed by atoms with Crippen molar-refractivity contribution in [3.8, 4) is 5.75 Å². The lowest BCUT2D eigenvalue weighted by atomic mass is 10.1. The number of para-hydroxylation sites is 1. The van der Waals surface area contributed by atoms with Gasteiger partial charge in [0.15, 0.2) is 6.10 Å². The van der Waals surface area contributed by atoms with Gasteiger partial charge < -0.3 is 14.8 Å². The second kappa shape index (κ2) is 8.56. The first-order chi connectivity index (χ1) is 11.1. The van der Waals surface area contributed by atoms with Crippen molar-refractivity contribution in [2.24, 2.45) is 0 Å². The number of amides is 1. The quantitative estimate of drug-likeness (QED) is 0.842. The van der Waals surface area contributed by atoms with Crippen molar-refractivity contribution in [2.45, 2.75) is 19.1 Å². The van der Waals surface area contributed by atoms with E-state index in [-0.39, 0.29) is 12.0 Å². The van der Waals surface area contributed by atoms with Gasteiger partial charge >= 0.3 is 0 Å². The van der Waals surface area contributed by atoms with Crippen LogP contribution in [0.1, 0.15) is 18.6 Å². The monoisotopic (exact) mass is 333 g/mol. The molecule has 2 aromatic carbocycles. The van der Waals surface area contributed by atoms with E-state index in [0.717, 1.165) is 5.56 Å². The van der Waals surface area contributed by atoms with E-state index in [9.17, 15) is 4.79 Å². The fourth-order valence-electron chi connectivity index (χ4n) is 2.15. The van der Waals surface area contributed by atoms with Crippen molar-refractivity contribution in [2.75, 3.05) is 13.7 Å². The van der Waals surface area contributed by atoms with Crippen LogP contribution >= 0.6 is 11.6 Å². The molecule has 23 heavy (non-hydrogen) atoms. The Hall–Kier alpha value is -2.04. The number of halogens is 1. The average Bonchev–Trinajstić information content (AvgIpc) is 2.57. The molecule has 2 atom stereocenters. The molecule has 0 spiro atoms. The van der Waals surface area contributed by atoms with E-state index in [1.165, 1.54) is 0 Å². The highest BCUT2D eigenvalue weighted by molar-refractivity contribution is 6.31. The maximum atomic E-state index is 12.2. The lowest BCUT2D eigenvalue weighted by Gasteiger charge is -2.20. The summed E-state index contributed by atoms with van der Waals surface area (Å²) in [7, 11) is 1.59. The lowest BCUT2D eigenvalue weighted by Crippen LogP contribution is -2.38. The van der Waals surface area contributed by atoms with Gasteiger partial charge in [-0.1, -0.05) is 48.0 Å². The first-order valence-electron chi connectivity index (χ1n) is 7.38. The Morgan fingerprint density at radius 2 is 1.78 bits per heavy atom. The van der Waals surface area contributed by atoms with E-state index in [0.29, 0.717) is 17.3 Å². The van der Waals surface area contributed by atoms with Crippen molar-refractivity contribution in [3.05, 3.63) is 65.2 Å². The van der Waals surface area contributed by atoms with Gasteiger partial charge in [-0.05, 0) is 25.1 Å². The van der Waals surface area contributed by atoms with E-state index >= 15 is 0 Å². The van der Waals surface area contributed by atoms with Crippen LogP contribution in [0.4, 0.5) is 0 Å². The third-order valence-electron chi connectivity index (χ3n) is 3.42. The van der Waals surface area contributed by atoms with Crippen molar-refractivity contribution < 1.29 is 14.3 Å². The second-order valence-electron chi connectivity index (χ2n) is 5.06. The Balaban J connectivity index is 1.91. The van der Waals surface area contributed by atoms with E-state index in [2.05, 4.69) is 5.32 Å². The van der Waals surface area contributed by atoms with Gasteiger partial charge in [-0.3, -0.25) is 4.79 Å². The predicted molar refractivity (Wildman–Crippen MR) is 90.7 cm³/mol. The number of carbonyl (C=O) groups excluding carboxylic acids is 1. The molecule has 0 fully saturated rings. The van der Waals surface area contributed by atoms with Crippen LogP contribution in [-0.2, 0) is 9.53 Å². The summed E-state index contributed by atoms with van der Waals surface area (Å²) in [5.74, 6) is 0.451. The number of nitrogens with one attached hydrogen (secondary N) is 1. The molecule has 2 rings (SSSR count). The Kier molecular flexibility index (Phi) is 6.44. The van der Waals surface area contributed by atoms with Crippen molar-refractivity contribution >= 4 is 17.5 Å². The molecule has 0 radical (unpaired) electrons. The fraction of sp³-hybridized carbons (Fsp3) is 0.278. The van der Waals surface area contributed by atoms with E-state index in [1.807, 2.05) is 48.5 Å². The Labute approximate surface area is 141 Å². The number of ether oxygens (including phenoxy) is 2. The predicted octanol–water partition coefficient (Wildman–Crippen LogP) is 3.61. The highest BCUT2D eigenvalue weighted by Crippen LogP contribution is 2.24. The Bertz CT molecular complexity index is 633. The second-order valence-corrected chi connectivity index (χ2v) is 5.47. The molecule has 1 amide bonds. The summed E-state index contributed by atoms with van der Waals surface area (Å²) in [5, 5.41) is 3.44. The standard InChI is InChI=1S/C18H20ClNO3/c1-13(23-14-8-4-3-5-9-14)18(21)20-12-17(22-2)15-10-6-7-11-16(15)19/h3-11,13,17H,12H2,1-2H3,(H,20,21)/t13-,17+/m0/s1. The minimum atomic E-state index is -0.596. The minimum Gasteiger partial charge on any atom is -0.481 e. The molecule has 0 saturated heterocycles. The first-order valence-corrected chi connectivity index (χ1v) is 7.76. The van der Waals surface area contributed by atoms with Crippen LogP contribution < -0.4 is 10.1 Å². The molecule has 0 bridgehead atoms. The third kappa shape index (κ3) is 4.98. The van der Waals surface area contributed by atoms with Crippen LogP contribution in [0.3, 0.4) is 0 Å². The van der Waals surface area contributed by atoms with Gasteiger partial charge in [-0.15, -0.1) is 0 Å². The van der Waals surface area contributed by atoms with Crippen LogP contribution in [0.25, 0.3) is 0 Å². The molecule has 0 aromatic heterocycles. The number of hydrogen-bond donors (Lipinski definition) is 1. The van der Waals surface area contributed by atoms with Gasteiger partial charge in [-0.25, -0.2) is 0 Å². The normalized spacial score (nSPS) is 13.2. The van der Waals surface area contributed by atoms with E-state index in [1.54, 1.807) is 20.1 Å². The van der Waals surface area contributed by atoms with Gasteiger partial charge in [0.1, 0.15) is 11.9 Å². The molecule has 122 valence electrons. The molecule has 4 nitrogen and oxygen atoms in total. The van der Waals surface area contributed by atoms with Gasteiger partial charge in [0.25, 0.3) is 5.91 Å². The highest BCUT2D eigenvalue weighted by Gasteiger charge is 2.18. The van der Waals surface area contributed by atoms with Gasteiger partial charge in [0, 0.05) is 24.2 Å². The molecular formula is C18H20ClNO3. The smallest absolute Gasteiger partial charge is 0.260 e. The molecule has 0 heterocycles. The number of rotatable bonds is 7. The maximum absolute atomic E-state index is 12.2. The average molecular weight is 334 g/mol. The minimum absolute atomic E-state index is 0.206. The molecule has 2 aromatic rings. The third-order valence-corrected chi connectivity index (χ3v) is 3.77. The molecule has 0 unspecified atom stereocenters. The largest absolute Gasteiger partial charge is 0.481 e. The molecule has 5 heteroatoms. The van der Waals surface area contributed by atoms with Crippen LogP contribution in [0.15, 0.2) is 54.6 Å².